The summed E-state index contributed by atoms with van der Waals surface area (Å²) in [5.41, 5.74) is 0. The highest BCUT2D eigenvalue weighted by atomic mass is 79.9. The molecule has 0 bridgehead atoms. The van der Waals surface area contributed by atoms with Gasteiger partial charge in [0, 0.05) is 45.4 Å². The fourth-order valence-corrected chi connectivity index (χ4v) is 6.26. The molecule has 1 saturated heterocycles. The second kappa shape index (κ2) is 12.0. The van der Waals surface area contributed by atoms with Crippen LogP contribution in [-0.4, -0.2) is 65.8 Å². The molecule has 9 nitrogen and oxygen atoms in total. The Morgan fingerprint density at radius 3 is 2.82 bits per heavy atom. The highest BCUT2D eigenvalue weighted by Crippen LogP contribution is 2.29. The lowest BCUT2D eigenvalue weighted by Gasteiger charge is -2.33. The van der Waals surface area contributed by atoms with Gasteiger partial charge in [-0.1, -0.05) is 25.6 Å². The lowest BCUT2D eigenvalue weighted by Crippen LogP contribution is -2.37. The van der Waals surface area contributed by atoms with E-state index in [9.17, 15) is 13.5 Å². The molecule has 1 atom stereocenters. The number of aliphatic hydroxyl groups is 1. The third kappa shape index (κ3) is 6.91. The first kappa shape index (κ1) is 26.4. The summed E-state index contributed by atoms with van der Waals surface area (Å²) in [6, 6.07) is 1.59. The number of rotatable bonds is 11. The zero-order valence-corrected chi connectivity index (χ0v) is 22.6. The molecule has 184 valence electrons. The highest BCUT2D eigenvalue weighted by molar-refractivity contribution is 9.10. The molecule has 0 aliphatic carbocycles. The van der Waals surface area contributed by atoms with Gasteiger partial charge in [-0.15, -0.1) is 10.2 Å². The maximum Gasteiger partial charge on any atom is 0.242 e. The van der Waals surface area contributed by atoms with E-state index in [-0.39, 0.29) is 17.4 Å². The molecule has 33 heavy (non-hydrogen) atoms. The van der Waals surface area contributed by atoms with Gasteiger partial charge in [0.05, 0.1) is 4.47 Å². The van der Waals surface area contributed by atoms with Crippen molar-refractivity contribution >= 4 is 43.5 Å². The van der Waals surface area contributed by atoms with E-state index in [4.69, 9.17) is 0 Å². The summed E-state index contributed by atoms with van der Waals surface area (Å²) in [4.78, 5) is 6.64. The number of aryl methyl sites for hydroxylation is 1. The van der Waals surface area contributed by atoms with E-state index < -0.39 is 10.0 Å². The van der Waals surface area contributed by atoms with Gasteiger partial charge >= 0.3 is 0 Å². The van der Waals surface area contributed by atoms with E-state index in [1.54, 1.807) is 17.8 Å². The minimum atomic E-state index is -3.68. The molecule has 2 aromatic rings. The standard InChI is InChI=1S/C21H33BrN6O3S2/c1-15(2)12-28-19(25-26-21(28)32-3)7-4-8-24-33(30,31)17-10-18(22)20(23-11-17)27-9-5-6-16(13-27)14-29/h10-11,15-16,24,29H,4-9,12-14H2,1-3H3. The van der Waals surface area contributed by atoms with Crippen molar-refractivity contribution in [1.82, 2.24) is 24.5 Å². The molecule has 12 heteroatoms. The Morgan fingerprint density at radius 1 is 1.36 bits per heavy atom. The van der Waals surface area contributed by atoms with Crippen molar-refractivity contribution in [3.63, 3.8) is 0 Å². The van der Waals surface area contributed by atoms with Crippen LogP contribution < -0.4 is 9.62 Å². The number of nitrogens with zero attached hydrogens (tertiary/aromatic N) is 5. The number of hydrogen-bond donors (Lipinski definition) is 2. The molecule has 1 fully saturated rings. The lowest BCUT2D eigenvalue weighted by molar-refractivity contribution is 0.208. The third-order valence-corrected chi connectivity index (χ3v) is 8.26. The summed E-state index contributed by atoms with van der Waals surface area (Å²) in [5.74, 6) is 2.28. The second-order valence-electron chi connectivity index (χ2n) is 8.72. The van der Waals surface area contributed by atoms with E-state index in [1.165, 1.54) is 6.20 Å². The quantitative estimate of drug-likeness (QED) is 0.318. The Labute approximate surface area is 208 Å². The van der Waals surface area contributed by atoms with Gasteiger partial charge in [-0.3, -0.25) is 0 Å². The number of halogens is 1. The van der Waals surface area contributed by atoms with Crippen molar-refractivity contribution < 1.29 is 13.5 Å². The summed E-state index contributed by atoms with van der Waals surface area (Å²) in [7, 11) is -3.68. The van der Waals surface area contributed by atoms with Crippen LogP contribution in [0.15, 0.2) is 26.8 Å². The summed E-state index contributed by atoms with van der Waals surface area (Å²) in [6.07, 6.45) is 6.61. The molecule has 1 unspecified atom stereocenters. The number of aromatic nitrogens is 4. The van der Waals surface area contributed by atoms with Crippen molar-refractivity contribution in [2.75, 3.05) is 37.4 Å². The number of anilines is 1. The van der Waals surface area contributed by atoms with Crippen LogP contribution in [0, 0.1) is 11.8 Å². The predicted molar refractivity (Wildman–Crippen MR) is 134 cm³/mol. The van der Waals surface area contributed by atoms with Crippen LogP contribution in [0.3, 0.4) is 0 Å². The summed E-state index contributed by atoms with van der Waals surface area (Å²) < 4.78 is 31.0. The number of hydrogen-bond acceptors (Lipinski definition) is 8. The van der Waals surface area contributed by atoms with Gasteiger partial charge in [0.25, 0.3) is 0 Å². The molecular formula is C21H33BrN6O3S2. The Balaban J connectivity index is 1.59. The van der Waals surface area contributed by atoms with Crippen LogP contribution in [0.1, 0.15) is 38.9 Å². The molecule has 0 radical (unpaired) electrons. The van der Waals surface area contributed by atoms with E-state index in [0.29, 0.717) is 42.1 Å². The van der Waals surface area contributed by atoms with Crippen LogP contribution >= 0.6 is 27.7 Å². The molecule has 1 aliphatic rings. The number of sulfonamides is 1. The zero-order chi connectivity index (χ0) is 24.0. The van der Waals surface area contributed by atoms with Crippen LogP contribution in [0.25, 0.3) is 0 Å². The first-order valence-corrected chi connectivity index (χ1v) is 14.7. The maximum absolute atomic E-state index is 12.8. The van der Waals surface area contributed by atoms with Gasteiger partial charge < -0.3 is 14.6 Å². The summed E-state index contributed by atoms with van der Waals surface area (Å²) in [5, 5.41) is 18.9. The fraction of sp³-hybridized carbons (Fsp3) is 0.667. The van der Waals surface area contributed by atoms with Gasteiger partial charge in [0.1, 0.15) is 16.5 Å². The van der Waals surface area contributed by atoms with E-state index in [0.717, 1.165) is 36.9 Å². The Bertz CT molecular complexity index is 1030. The van der Waals surface area contributed by atoms with Crippen LogP contribution in [-0.2, 0) is 23.0 Å². The number of pyridine rings is 1. The van der Waals surface area contributed by atoms with Crippen molar-refractivity contribution in [2.45, 2.75) is 56.1 Å². The Hall–Kier alpha value is -1.21. The number of aliphatic hydroxyl groups excluding tert-OH is 1. The average molecular weight is 562 g/mol. The third-order valence-electron chi connectivity index (χ3n) is 5.58. The average Bonchev–Trinajstić information content (AvgIpc) is 3.17. The van der Waals surface area contributed by atoms with E-state index in [1.807, 2.05) is 6.26 Å². The van der Waals surface area contributed by atoms with Gasteiger partial charge in [0.15, 0.2) is 5.16 Å². The molecule has 3 rings (SSSR count). The van der Waals surface area contributed by atoms with Crippen LogP contribution in [0.5, 0.6) is 0 Å². The molecule has 0 saturated carbocycles. The topological polar surface area (TPSA) is 113 Å². The minimum Gasteiger partial charge on any atom is -0.396 e. The van der Waals surface area contributed by atoms with Gasteiger partial charge in [-0.05, 0) is 59.4 Å². The molecule has 3 heterocycles. The number of piperidine rings is 1. The minimum absolute atomic E-state index is 0.126. The van der Waals surface area contributed by atoms with Crippen molar-refractivity contribution in [3.8, 4) is 0 Å². The van der Waals surface area contributed by atoms with Gasteiger partial charge in [-0.2, -0.15) is 0 Å². The lowest BCUT2D eigenvalue weighted by atomic mass is 9.99. The monoisotopic (exact) mass is 560 g/mol. The SMILES string of the molecule is CSc1nnc(CCCNS(=O)(=O)c2cnc(N3CCCC(CO)C3)c(Br)c2)n1CC(C)C. The molecule has 2 N–H and O–H groups in total. The smallest absolute Gasteiger partial charge is 0.242 e. The highest BCUT2D eigenvalue weighted by Gasteiger charge is 2.23. The van der Waals surface area contributed by atoms with E-state index in [2.05, 4.69) is 59.1 Å². The fourth-order valence-electron chi connectivity index (χ4n) is 3.94. The normalized spacial score (nSPS) is 17.2. The van der Waals surface area contributed by atoms with Gasteiger partial charge in [0.2, 0.25) is 10.0 Å². The maximum atomic E-state index is 12.8. The largest absolute Gasteiger partial charge is 0.396 e. The molecule has 0 spiro atoms. The number of thioether (sulfide) groups is 1. The first-order valence-electron chi connectivity index (χ1n) is 11.2. The molecule has 0 aromatic carbocycles. The second-order valence-corrected chi connectivity index (χ2v) is 12.1. The Morgan fingerprint density at radius 2 is 2.15 bits per heavy atom. The molecule has 1 aliphatic heterocycles. The zero-order valence-electron chi connectivity index (χ0n) is 19.4. The van der Waals surface area contributed by atoms with Crippen molar-refractivity contribution in [1.29, 1.82) is 0 Å². The van der Waals surface area contributed by atoms with Crippen LogP contribution in [0.4, 0.5) is 5.82 Å². The molecular weight excluding hydrogens is 528 g/mol. The molecule has 0 amide bonds. The number of nitrogens with one attached hydrogen (secondary N) is 1. The predicted octanol–water partition coefficient (Wildman–Crippen LogP) is 2.93. The van der Waals surface area contributed by atoms with Crippen molar-refractivity contribution in [3.05, 3.63) is 22.6 Å². The summed E-state index contributed by atoms with van der Waals surface area (Å²) in [6.45, 7) is 7.14. The van der Waals surface area contributed by atoms with Crippen molar-refractivity contribution in [2.24, 2.45) is 11.8 Å². The van der Waals surface area contributed by atoms with E-state index >= 15 is 0 Å². The first-order chi connectivity index (χ1) is 15.7. The molecule has 2 aromatic heterocycles. The van der Waals surface area contributed by atoms with Crippen LogP contribution in [0.2, 0.25) is 0 Å². The summed E-state index contributed by atoms with van der Waals surface area (Å²) >= 11 is 5.05. The Kier molecular flexibility index (Phi) is 9.57. The van der Waals surface area contributed by atoms with Gasteiger partial charge in [-0.25, -0.2) is 18.1 Å².